The minimum atomic E-state index is -0.0789. The molecule has 1 amide bonds. The zero-order valence-electron chi connectivity index (χ0n) is 10.2. The number of nitrogens with zero attached hydrogens (tertiary/aromatic N) is 1. The zero-order valence-corrected chi connectivity index (χ0v) is 11.8. The first kappa shape index (κ1) is 15.0. The van der Waals surface area contributed by atoms with Gasteiger partial charge in [-0.25, -0.2) is 5.43 Å². The van der Waals surface area contributed by atoms with E-state index in [2.05, 4.69) is 17.5 Å². The van der Waals surface area contributed by atoms with Crippen LogP contribution in [0.3, 0.4) is 0 Å². The number of amides is 1. The van der Waals surface area contributed by atoms with Crippen molar-refractivity contribution in [3.05, 3.63) is 33.8 Å². The van der Waals surface area contributed by atoms with Crippen LogP contribution >= 0.6 is 23.2 Å². The summed E-state index contributed by atoms with van der Waals surface area (Å²) in [6.07, 6.45) is 5.05. The number of hydrazone groups is 1. The maximum atomic E-state index is 11.4. The second-order valence-electron chi connectivity index (χ2n) is 3.92. The van der Waals surface area contributed by atoms with Gasteiger partial charge < -0.3 is 0 Å². The number of carbonyl (C=O) groups is 1. The smallest absolute Gasteiger partial charge is 0.240 e. The van der Waals surface area contributed by atoms with Crippen LogP contribution in [0.1, 0.15) is 38.2 Å². The third-order valence-electron chi connectivity index (χ3n) is 2.36. The summed E-state index contributed by atoms with van der Waals surface area (Å²) in [6, 6.07) is 5.10. The standard InChI is InChI=1S/C13H16Cl2N2O/c1-2-3-4-5-13(18)17-16-9-10-6-7-11(14)8-12(10)15/h6-9H,2-5H2,1H3,(H,17,18)/b16-9+. The number of hydrogen-bond donors (Lipinski definition) is 1. The fourth-order valence-corrected chi connectivity index (χ4v) is 1.83. The monoisotopic (exact) mass is 286 g/mol. The van der Waals surface area contributed by atoms with Crippen molar-refractivity contribution in [1.82, 2.24) is 5.43 Å². The van der Waals surface area contributed by atoms with E-state index in [1.54, 1.807) is 18.2 Å². The van der Waals surface area contributed by atoms with Crippen molar-refractivity contribution >= 4 is 35.3 Å². The predicted molar refractivity (Wildman–Crippen MR) is 76.3 cm³/mol. The second kappa shape index (κ2) is 8.11. The second-order valence-corrected chi connectivity index (χ2v) is 4.76. The van der Waals surface area contributed by atoms with Gasteiger partial charge in [-0.1, -0.05) is 49.0 Å². The van der Waals surface area contributed by atoms with Crippen molar-refractivity contribution in [2.24, 2.45) is 5.10 Å². The Kier molecular flexibility index (Phi) is 6.76. The summed E-state index contributed by atoms with van der Waals surface area (Å²) >= 11 is 11.7. The largest absolute Gasteiger partial charge is 0.273 e. The van der Waals surface area contributed by atoms with Crippen LogP contribution in [0.25, 0.3) is 0 Å². The van der Waals surface area contributed by atoms with Crippen LogP contribution in [0.4, 0.5) is 0 Å². The molecule has 0 saturated carbocycles. The van der Waals surface area contributed by atoms with E-state index in [1.807, 2.05) is 0 Å². The number of carbonyl (C=O) groups excluding carboxylic acids is 1. The Morgan fingerprint density at radius 3 is 2.83 bits per heavy atom. The summed E-state index contributed by atoms with van der Waals surface area (Å²) in [4.78, 5) is 11.4. The summed E-state index contributed by atoms with van der Waals surface area (Å²) in [5.41, 5.74) is 3.19. The summed E-state index contributed by atoms with van der Waals surface area (Å²) < 4.78 is 0. The van der Waals surface area contributed by atoms with Crippen LogP contribution in [-0.4, -0.2) is 12.1 Å². The van der Waals surface area contributed by atoms with Crippen molar-refractivity contribution in [3.8, 4) is 0 Å². The lowest BCUT2D eigenvalue weighted by atomic mass is 10.2. The van der Waals surface area contributed by atoms with E-state index in [9.17, 15) is 4.79 Å². The third kappa shape index (κ3) is 5.52. The lowest BCUT2D eigenvalue weighted by molar-refractivity contribution is -0.121. The highest BCUT2D eigenvalue weighted by atomic mass is 35.5. The third-order valence-corrected chi connectivity index (χ3v) is 2.93. The fourth-order valence-electron chi connectivity index (χ4n) is 1.37. The van der Waals surface area contributed by atoms with Crippen LogP contribution in [0.15, 0.2) is 23.3 Å². The van der Waals surface area contributed by atoms with Crippen LogP contribution in [0.2, 0.25) is 10.0 Å². The molecular weight excluding hydrogens is 271 g/mol. The Hall–Kier alpha value is -1.06. The molecule has 0 aliphatic carbocycles. The number of unbranched alkanes of at least 4 members (excludes halogenated alkanes) is 2. The number of hydrogen-bond acceptors (Lipinski definition) is 2. The molecule has 1 rings (SSSR count). The Balaban J connectivity index is 2.42. The van der Waals surface area contributed by atoms with Gasteiger partial charge in [0.1, 0.15) is 0 Å². The normalized spacial score (nSPS) is 10.8. The highest BCUT2D eigenvalue weighted by Gasteiger charge is 2.00. The van der Waals surface area contributed by atoms with E-state index in [1.165, 1.54) is 6.21 Å². The highest BCUT2D eigenvalue weighted by molar-refractivity contribution is 6.36. The molecule has 1 N–H and O–H groups in total. The molecule has 18 heavy (non-hydrogen) atoms. The summed E-state index contributed by atoms with van der Waals surface area (Å²) in [5.74, 6) is -0.0789. The topological polar surface area (TPSA) is 41.5 Å². The molecular formula is C13H16Cl2N2O. The van der Waals surface area contributed by atoms with Gasteiger partial charge in [0.2, 0.25) is 5.91 Å². The molecule has 0 aromatic heterocycles. The number of nitrogens with one attached hydrogen (secondary N) is 1. The number of benzene rings is 1. The minimum Gasteiger partial charge on any atom is -0.273 e. The van der Waals surface area contributed by atoms with Gasteiger partial charge in [0.15, 0.2) is 0 Å². The molecule has 0 fully saturated rings. The first-order valence-electron chi connectivity index (χ1n) is 5.90. The van der Waals surface area contributed by atoms with Gasteiger partial charge in [-0.3, -0.25) is 4.79 Å². The van der Waals surface area contributed by atoms with Gasteiger partial charge in [0.05, 0.1) is 11.2 Å². The Bertz CT molecular complexity index is 433. The highest BCUT2D eigenvalue weighted by Crippen LogP contribution is 2.19. The predicted octanol–water partition coefficient (Wildman–Crippen LogP) is 4.02. The average Bonchev–Trinajstić information content (AvgIpc) is 2.32. The SMILES string of the molecule is CCCCCC(=O)N/N=C/c1ccc(Cl)cc1Cl. The molecule has 0 radical (unpaired) electrons. The molecule has 1 aromatic rings. The van der Waals surface area contributed by atoms with Crippen LogP contribution in [0.5, 0.6) is 0 Å². The summed E-state index contributed by atoms with van der Waals surface area (Å²) in [5, 5.41) is 4.93. The molecule has 0 unspecified atom stereocenters. The van der Waals surface area contributed by atoms with Crippen molar-refractivity contribution in [2.75, 3.05) is 0 Å². The molecule has 1 aromatic carbocycles. The van der Waals surface area contributed by atoms with Crippen LogP contribution in [-0.2, 0) is 4.79 Å². The van der Waals surface area contributed by atoms with Gasteiger partial charge in [0.25, 0.3) is 0 Å². The molecule has 3 nitrogen and oxygen atoms in total. The lowest BCUT2D eigenvalue weighted by Gasteiger charge is -2.00. The molecule has 0 heterocycles. The van der Waals surface area contributed by atoms with E-state index in [-0.39, 0.29) is 5.91 Å². The van der Waals surface area contributed by atoms with Gasteiger partial charge in [-0.15, -0.1) is 0 Å². The van der Waals surface area contributed by atoms with E-state index in [0.29, 0.717) is 16.5 Å². The minimum absolute atomic E-state index is 0.0789. The van der Waals surface area contributed by atoms with Crippen molar-refractivity contribution in [3.63, 3.8) is 0 Å². The first-order chi connectivity index (χ1) is 8.63. The van der Waals surface area contributed by atoms with E-state index < -0.39 is 0 Å². The average molecular weight is 287 g/mol. The van der Waals surface area contributed by atoms with E-state index >= 15 is 0 Å². The first-order valence-corrected chi connectivity index (χ1v) is 6.66. The molecule has 98 valence electrons. The number of halogens is 2. The molecule has 0 saturated heterocycles. The van der Waals surface area contributed by atoms with Crippen LogP contribution < -0.4 is 5.43 Å². The maximum absolute atomic E-state index is 11.4. The van der Waals surface area contributed by atoms with Crippen molar-refractivity contribution in [2.45, 2.75) is 32.6 Å². The van der Waals surface area contributed by atoms with Crippen LogP contribution in [0, 0.1) is 0 Å². The van der Waals surface area contributed by atoms with Gasteiger partial charge >= 0.3 is 0 Å². The van der Waals surface area contributed by atoms with Crippen molar-refractivity contribution < 1.29 is 4.79 Å². The maximum Gasteiger partial charge on any atom is 0.240 e. The zero-order chi connectivity index (χ0) is 13.4. The molecule has 0 atom stereocenters. The summed E-state index contributed by atoms with van der Waals surface area (Å²) in [6.45, 7) is 2.10. The lowest BCUT2D eigenvalue weighted by Crippen LogP contribution is -2.16. The van der Waals surface area contributed by atoms with Gasteiger partial charge in [-0.05, 0) is 18.6 Å². The quantitative estimate of drug-likeness (QED) is 0.479. The molecule has 0 aliphatic heterocycles. The van der Waals surface area contributed by atoms with Crippen molar-refractivity contribution in [1.29, 1.82) is 0 Å². The van der Waals surface area contributed by atoms with Gasteiger partial charge in [-0.2, -0.15) is 5.10 Å². The molecule has 0 bridgehead atoms. The van der Waals surface area contributed by atoms with Gasteiger partial charge in [0, 0.05) is 17.0 Å². The van der Waals surface area contributed by atoms with E-state index in [0.717, 1.165) is 24.8 Å². The fraction of sp³-hybridized carbons (Fsp3) is 0.385. The Labute approximate surface area is 117 Å². The van der Waals surface area contributed by atoms with E-state index in [4.69, 9.17) is 23.2 Å². The Morgan fingerprint density at radius 2 is 2.17 bits per heavy atom. The summed E-state index contributed by atoms with van der Waals surface area (Å²) in [7, 11) is 0. The molecule has 5 heteroatoms. The molecule has 0 spiro atoms. The molecule has 0 aliphatic rings. The Morgan fingerprint density at radius 1 is 1.39 bits per heavy atom. The number of rotatable bonds is 6.